The highest BCUT2D eigenvalue weighted by Gasteiger charge is 2.18. The Bertz CT molecular complexity index is 586. The van der Waals surface area contributed by atoms with E-state index in [1.165, 1.54) is 30.8 Å². The molecule has 1 heterocycles. The first-order chi connectivity index (χ1) is 9.06. The van der Waals surface area contributed by atoms with Crippen LogP contribution in [-0.2, 0) is 10.5 Å². The molecule has 0 aliphatic heterocycles. The zero-order valence-electron chi connectivity index (χ0n) is 10.6. The quantitative estimate of drug-likeness (QED) is 0.787. The minimum atomic E-state index is -0.389. The molecule has 0 spiro atoms. The minimum absolute atomic E-state index is 0.0204. The fourth-order valence-electron chi connectivity index (χ4n) is 1.38. The molecule has 6 heteroatoms. The Hall–Kier alpha value is -1.69. The largest absolute Gasteiger partial charge is 0.339 e. The summed E-state index contributed by atoms with van der Waals surface area (Å²) in [6.07, 6.45) is 0. The zero-order chi connectivity index (χ0) is 13.8. The number of ketones is 1. The molecule has 19 heavy (non-hydrogen) atoms. The molecule has 1 aromatic heterocycles. The summed E-state index contributed by atoms with van der Waals surface area (Å²) in [6, 6.07) is 6.30. The van der Waals surface area contributed by atoms with Crippen molar-refractivity contribution >= 4 is 17.5 Å². The van der Waals surface area contributed by atoms with Crippen LogP contribution in [-0.4, -0.2) is 15.9 Å². The number of Topliss-reactive ketones (excluding diaryl/α,β-unsaturated/α-hetero) is 1. The Morgan fingerprint density at radius 3 is 3.00 bits per heavy atom. The van der Waals surface area contributed by atoms with Gasteiger partial charge in [-0.3, -0.25) is 4.79 Å². The summed E-state index contributed by atoms with van der Waals surface area (Å²) in [4.78, 5) is 16.1. The fourth-order valence-corrected chi connectivity index (χ4v) is 2.16. The van der Waals surface area contributed by atoms with Crippen molar-refractivity contribution in [1.29, 1.82) is 0 Å². The Balaban J connectivity index is 1.99. The van der Waals surface area contributed by atoms with Crippen LogP contribution in [0.5, 0.6) is 0 Å². The molecule has 0 fully saturated rings. The average molecular weight is 280 g/mol. The van der Waals surface area contributed by atoms with Crippen molar-refractivity contribution < 1.29 is 13.7 Å². The molecular weight excluding hydrogens is 267 g/mol. The SMILES string of the molecule is CC(=O)C(C)c1nc(CSc2cccc(F)c2)no1. The smallest absolute Gasteiger partial charge is 0.236 e. The third kappa shape index (κ3) is 3.64. The topological polar surface area (TPSA) is 56.0 Å². The molecule has 1 atom stereocenters. The fraction of sp³-hybridized carbons (Fsp3) is 0.308. The molecule has 0 amide bonds. The van der Waals surface area contributed by atoms with Crippen molar-refractivity contribution in [3.05, 3.63) is 41.8 Å². The van der Waals surface area contributed by atoms with Crippen molar-refractivity contribution in [2.75, 3.05) is 0 Å². The molecule has 2 aromatic rings. The maximum Gasteiger partial charge on any atom is 0.236 e. The van der Waals surface area contributed by atoms with E-state index in [0.29, 0.717) is 17.5 Å². The van der Waals surface area contributed by atoms with Crippen molar-refractivity contribution in [3.8, 4) is 0 Å². The number of hydrogen-bond donors (Lipinski definition) is 0. The lowest BCUT2D eigenvalue weighted by molar-refractivity contribution is -0.118. The van der Waals surface area contributed by atoms with Gasteiger partial charge < -0.3 is 4.52 Å². The summed E-state index contributed by atoms with van der Waals surface area (Å²) in [5.41, 5.74) is 0. The highest BCUT2D eigenvalue weighted by Crippen LogP contribution is 2.23. The van der Waals surface area contributed by atoms with Crippen molar-refractivity contribution in [2.24, 2.45) is 0 Å². The normalized spacial score (nSPS) is 12.4. The molecule has 2 rings (SSSR count). The minimum Gasteiger partial charge on any atom is -0.339 e. The van der Waals surface area contributed by atoms with Crippen LogP contribution in [0, 0.1) is 5.82 Å². The van der Waals surface area contributed by atoms with Crippen LogP contribution in [0.2, 0.25) is 0 Å². The van der Waals surface area contributed by atoms with Gasteiger partial charge in [-0.05, 0) is 32.0 Å². The van der Waals surface area contributed by atoms with E-state index in [1.807, 2.05) is 6.07 Å². The molecule has 0 N–H and O–H groups in total. The highest BCUT2D eigenvalue weighted by molar-refractivity contribution is 7.98. The molecule has 0 bridgehead atoms. The Labute approximate surface area is 114 Å². The van der Waals surface area contributed by atoms with E-state index >= 15 is 0 Å². The van der Waals surface area contributed by atoms with Crippen molar-refractivity contribution in [3.63, 3.8) is 0 Å². The number of carbonyl (C=O) groups is 1. The molecule has 0 aliphatic carbocycles. The van der Waals surface area contributed by atoms with E-state index in [-0.39, 0.29) is 17.5 Å². The second-order valence-corrected chi connectivity index (χ2v) is 5.18. The molecule has 0 radical (unpaired) electrons. The second-order valence-electron chi connectivity index (χ2n) is 4.13. The van der Waals surface area contributed by atoms with Gasteiger partial charge in [0.05, 0.1) is 11.7 Å². The van der Waals surface area contributed by atoms with Crippen LogP contribution in [0.1, 0.15) is 31.5 Å². The number of hydrogen-bond acceptors (Lipinski definition) is 5. The van der Waals surface area contributed by atoms with Crippen molar-refractivity contribution in [2.45, 2.75) is 30.4 Å². The van der Waals surface area contributed by atoms with Crippen LogP contribution in [0.4, 0.5) is 4.39 Å². The first kappa shape index (κ1) is 13.7. The van der Waals surface area contributed by atoms with Gasteiger partial charge in [0.25, 0.3) is 0 Å². The molecule has 0 saturated heterocycles. The first-order valence-corrected chi connectivity index (χ1v) is 6.76. The highest BCUT2D eigenvalue weighted by atomic mass is 32.2. The molecule has 1 unspecified atom stereocenters. The van der Waals surface area contributed by atoms with E-state index in [2.05, 4.69) is 10.1 Å². The van der Waals surface area contributed by atoms with Crippen LogP contribution >= 0.6 is 11.8 Å². The standard InChI is InChI=1S/C13H13FN2O2S/c1-8(9(2)17)13-15-12(16-18-13)7-19-11-5-3-4-10(14)6-11/h3-6,8H,7H2,1-2H3. The average Bonchev–Trinajstić information content (AvgIpc) is 2.84. The van der Waals surface area contributed by atoms with Gasteiger partial charge in [-0.2, -0.15) is 4.98 Å². The van der Waals surface area contributed by atoms with E-state index in [4.69, 9.17) is 4.52 Å². The summed E-state index contributed by atoms with van der Waals surface area (Å²) >= 11 is 1.41. The number of halogens is 1. The second kappa shape index (κ2) is 5.97. The van der Waals surface area contributed by atoms with Gasteiger partial charge in [-0.15, -0.1) is 11.8 Å². The predicted octanol–water partition coefficient (Wildman–Crippen LogP) is 3.19. The summed E-state index contributed by atoms with van der Waals surface area (Å²) in [7, 11) is 0. The molecular formula is C13H13FN2O2S. The maximum atomic E-state index is 13.0. The van der Waals surface area contributed by atoms with E-state index in [1.54, 1.807) is 13.0 Å². The molecule has 1 aromatic carbocycles. The number of carbonyl (C=O) groups excluding carboxylic acids is 1. The van der Waals surface area contributed by atoms with Gasteiger partial charge in [-0.25, -0.2) is 4.39 Å². The van der Waals surface area contributed by atoms with Gasteiger partial charge in [0, 0.05) is 4.90 Å². The molecule has 0 aliphatic rings. The van der Waals surface area contributed by atoms with Crippen molar-refractivity contribution in [1.82, 2.24) is 10.1 Å². The number of thioether (sulfide) groups is 1. The summed E-state index contributed by atoms with van der Waals surface area (Å²) in [5.74, 6) is 0.606. The van der Waals surface area contributed by atoms with E-state index in [9.17, 15) is 9.18 Å². The van der Waals surface area contributed by atoms with E-state index < -0.39 is 0 Å². The van der Waals surface area contributed by atoms with Crippen LogP contribution < -0.4 is 0 Å². The predicted molar refractivity (Wildman–Crippen MR) is 69.4 cm³/mol. The molecule has 100 valence electrons. The number of nitrogens with zero attached hydrogens (tertiary/aromatic N) is 2. The molecule has 0 saturated carbocycles. The van der Waals surface area contributed by atoms with Gasteiger partial charge >= 0.3 is 0 Å². The Kier molecular flexibility index (Phi) is 4.31. The zero-order valence-corrected chi connectivity index (χ0v) is 11.4. The third-order valence-corrected chi connectivity index (χ3v) is 3.62. The Morgan fingerprint density at radius 1 is 1.53 bits per heavy atom. The monoisotopic (exact) mass is 280 g/mol. The lowest BCUT2D eigenvalue weighted by Gasteiger charge is -1.99. The van der Waals surface area contributed by atoms with Gasteiger partial charge in [-0.1, -0.05) is 11.2 Å². The lowest BCUT2D eigenvalue weighted by Crippen LogP contribution is -2.04. The Morgan fingerprint density at radius 2 is 2.32 bits per heavy atom. The number of rotatable bonds is 5. The number of benzene rings is 1. The van der Waals surface area contributed by atoms with Crippen LogP contribution in [0.15, 0.2) is 33.7 Å². The maximum absolute atomic E-state index is 13.0. The summed E-state index contributed by atoms with van der Waals surface area (Å²) in [6.45, 7) is 3.20. The van der Waals surface area contributed by atoms with E-state index in [0.717, 1.165) is 4.90 Å². The summed E-state index contributed by atoms with van der Waals surface area (Å²) < 4.78 is 18.0. The number of aromatic nitrogens is 2. The first-order valence-electron chi connectivity index (χ1n) is 5.77. The van der Waals surface area contributed by atoms with Gasteiger partial charge in [0.15, 0.2) is 5.82 Å². The van der Waals surface area contributed by atoms with Gasteiger partial charge in [0.1, 0.15) is 11.6 Å². The van der Waals surface area contributed by atoms with Crippen LogP contribution in [0.25, 0.3) is 0 Å². The van der Waals surface area contributed by atoms with Gasteiger partial charge in [0.2, 0.25) is 5.89 Å². The molecule has 4 nitrogen and oxygen atoms in total. The summed E-state index contributed by atoms with van der Waals surface area (Å²) in [5, 5.41) is 3.80. The lowest BCUT2D eigenvalue weighted by atomic mass is 10.1. The van der Waals surface area contributed by atoms with Crippen LogP contribution in [0.3, 0.4) is 0 Å². The third-order valence-electron chi connectivity index (χ3n) is 2.63.